The van der Waals surface area contributed by atoms with Crippen LogP contribution in [0.4, 0.5) is 5.69 Å². The molecule has 0 saturated carbocycles. The van der Waals surface area contributed by atoms with Gasteiger partial charge in [0.15, 0.2) is 0 Å². The summed E-state index contributed by atoms with van der Waals surface area (Å²) in [5, 5.41) is 12.2. The second-order valence-corrected chi connectivity index (χ2v) is 2.59. The third-order valence-electron chi connectivity index (χ3n) is 1.29. The summed E-state index contributed by atoms with van der Waals surface area (Å²) in [5.41, 5.74) is 0.975. The second kappa shape index (κ2) is 6.12. The lowest BCUT2D eigenvalue weighted by atomic mass is 10.3. The van der Waals surface area contributed by atoms with Crippen LogP contribution in [-0.2, 0) is 0 Å². The van der Waals surface area contributed by atoms with Crippen molar-refractivity contribution in [1.82, 2.24) is 0 Å². The molecule has 0 spiro atoms. The molecule has 0 amide bonds. The molecule has 1 rings (SSSR count). The van der Waals surface area contributed by atoms with Crippen molar-refractivity contribution in [2.24, 2.45) is 0 Å². The van der Waals surface area contributed by atoms with Gasteiger partial charge in [0, 0.05) is 17.3 Å². The Morgan fingerprint density at radius 1 is 1.25 bits per heavy atom. The van der Waals surface area contributed by atoms with Gasteiger partial charge in [0.25, 0.3) is 0 Å². The van der Waals surface area contributed by atoms with Crippen LogP contribution in [0, 0.1) is 0 Å². The number of aliphatic hydroxyl groups is 1. The van der Waals surface area contributed by atoms with Crippen LogP contribution in [0.1, 0.15) is 0 Å². The van der Waals surface area contributed by atoms with Crippen LogP contribution in [0.5, 0.6) is 0 Å². The molecule has 0 unspecified atom stereocenters. The molecule has 0 saturated heterocycles. The van der Waals surface area contributed by atoms with E-state index in [4.69, 9.17) is 16.7 Å². The van der Waals surface area contributed by atoms with Crippen molar-refractivity contribution in [1.29, 1.82) is 0 Å². The van der Waals surface area contributed by atoms with Gasteiger partial charge >= 0.3 is 0 Å². The van der Waals surface area contributed by atoms with Crippen molar-refractivity contribution in [3.63, 3.8) is 0 Å². The fraction of sp³-hybridized carbons (Fsp3) is 0.250. The largest absolute Gasteiger partial charge is 0.395 e. The van der Waals surface area contributed by atoms with Gasteiger partial charge in [-0.3, -0.25) is 0 Å². The van der Waals surface area contributed by atoms with Crippen LogP contribution in [0.25, 0.3) is 0 Å². The Balaban J connectivity index is 0.00000121. The van der Waals surface area contributed by atoms with E-state index in [0.29, 0.717) is 6.54 Å². The highest BCUT2D eigenvalue weighted by Crippen LogP contribution is 2.12. The Kier molecular flexibility index (Phi) is 5.89. The van der Waals surface area contributed by atoms with Crippen LogP contribution in [0.15, 0.2) is 24.3 Å². The number of nitrogens with one attached hydrogen (secondary N) is 1. The van der Waals surface area contributed by atoms with Crippen LogP contribution >= 0.6 is 24.0 Å². The van der Waals surface area contributed by atoms with E-state index in [-0.39, 0.29) is 19.0 Å². The lowest BCUT2D eigenvalue weighted by molar-refractivity contribution is 0.311. The zero-order chi connectivity index (χ0) is 8.10. The van der Waals surface area contributed by atoms with Gasteiger partial charge in [-0.2, -0.15) is 0 Å². The van der Waals surface area contributed by atoms with Crippen molar-refractivity contribution in [2.75, 3.05) is 18.5 Å². The monoisotopic (exact) mass is 207 g/mol. The number of benzene rings is 1. The molecule has 0 aliphatic carbocycles. The fourth-order valence-corrected chi connectivity index (χ4v) is 0.894. The molecule has 1 aromatic rings. The highest BCUT2D eigenvalue weighted by molar-refractivity contribution is 6.30. The molecule has 0 aromatic heterocycles. The summed E-state index contributed by atoms with van der Waals surface area (Å²) in [4.78, 5) is 0. The molecule has 0 bridgehead atoms. The summed E-state index contributed by atoms with van der Waals surface area (Å²) in [6, 6.07) is 7.36. The maximum Gasteiger partial charge on any atom is 0.0604 e. The van der Waals surface area contributed by atoms with Gasteiger partial charge < -0.3 is 10.4 Å². The second-order valence-electron chi connectivity index (χ2n) is 2.16. The molecular formula is C8H11Cl2NO. The Hall–Kier alpha value is -0.440. The van der Waals surface area contributed by atoms with E-state index in [1.54, 1.807) is 12.1 Å². The SMILES string of the molecule is Cl.OCCNc1ccc(Cl)cc1. The molecule has 4 heteroatoms. The maximum atomic E-state index is 8.49. The Morgan fingerprint density at radius 3 is 2.33 bits per heavy atom. The number of hydrogen-bond acceptors (Lipinski definition) is 2. The number of rotatable bonds is 3. The normalized spacial score (nSPS) is 8.83. The summed E-state index contributed by atoms with van der Waals surface area (Å²) in [6.45, 7) is 0.713. The van der Waals surface area contributed by atoms with Crippen LogP contribution in [-0.4, -0.2) is 18.3 Å². The minimum absolute atomic E-state index is 0. The zero-order valence-corrected chi connectivity index (χ0v) is 8.03. The summed E-state index contributed by atoms with van der Waals surface area (Å²) < 4.78 is 0. The summed E-state index contributed by atoms with van der Waals surface area (Å²) in [6.07, 6.45) is 0. The molecule has 0 aliphatic heterocycles. The van der Waals surface area contributed by atoms with Gasteiger partial charge in [-0.25, -0.2) is 0 Å². The molecule has 2 N–H and O–H groups in total. The number of hydrogen-bond donors (Lipinski definition) is 2. The van der Waals surface area contributed by atoms with E-state index in [1.807, 2.05) is 12.1 Å². The number of halogens is 2. The van der Waals surface area contributed by atoms with E-state index in [9.17, 15) is 0 Å². The minimum atomic E-state index is 0. The van der Waals surface area contributed by atoms with Gasteiger partial charge in [0.2, 0.25) is 0 Å². The lowest BCUT2D eigenvalue weighted by Gasteiger charge is -2.02. The highest BCUT2D eigenvalue weighted by atomic mass is 35.5. The van der Waals surface area contributed by atoms with Crippen LogP contribution in [0.3, 0.4) is 0 Å². The van der Waals surface area contributed by atoms with Crippen molar-refractivity contribution in [3.8, 4) is 0 Å². The maximum absolute atomic E-state index is 8.49. The predicted octanol–water partition coefficient (Wildman–Crippen LogP) is 2.17. The molecule has 0 radical (unpaired) electrons. The van der Waals surface area contributed by atoms with Crippen molar-refractivity contribution in [3.05, 3.63) is 29.3 Å². The Labute approximate surface area is 83.0 Å². The molecule has 1 aromatic carbocycles. The van der Waals surface area contributed by atoms with E-state index < -0.39 is 0 Å². The van der Waals surface area contributed by atoms with Gasteiger partial charge in [0.1, 0.15) is 0 Å². The molecular weight excluding hydrogens is 197 g/mol. The molecule has 68 valence electrons. The molecule has 0 fully saturated rings. The van der Waals surface area contributed by atoms with Gasteiger partial charge in [-0.15, -0.1) is 12.4 Å². The van der Waals surface area contributed by atoms with Gasteiger partial charge in [0.05, 0.1) is 6.61 Å². The van der Waals surface area contributed by atoms with E-state index in [2.05, 4.69) is 5.32 Å². The lowest BCUT2D eigenvalue weighted by Crippen LogP contribution is -2.04. The fourth-order valence-electron chi connectivity index (χ4n) is 0.768. The predicted molar refractivity (Wildman–Crippen MR) is 54.3 cm³/mol. The first kappa shape index (κ1) is 11.6. The molecule has 2 nitrogen and oxygen atoms in total. The summed E-state index contributed by atoms with van der Waals surface area (Å²) >= 11 is 5.67. The van der Waals surface area contributed by atoms with Gasteiger partial charge in [-0.1, -0.05) is 11.6 Å². The number of anilines is 1. The van der Waals surface area contributed by atoms with Gasteiger partial charge in [-0.05, 0) is 24.3 Å². The van der Waals surface area contributed by atoms with Crippen LogP contribution in [0.2, 0.25) is 5.02 Å². The minimum Gasteiger partial charge on any atom is -0.395 e. The average Bonchev–Trinajstić information content (AvgIpc) is 2.04. The molecule has 0 heterocycles. The average molecular weight is 208 g/mol. The zero-order valence-electron chi connectivity index (χ0n) is 6.46. The van der Waals surface area contributed by atoms with Crippen molar-refractivity contribution in [2.45, 2.75) is 0 Å². The van der Waals surface area contributed by atoms with Crippen molar-refractivity contribution >= 4 is 29.7 Å². The smallest absolute Gasteiger partial charge is 0.0604 e. The van der Waals surface area contributed by atoms with E-state index in [0.717, 1.165) is 10.7 Å². The first-order valence-corrected chi connectivity index (χ1v) is 3.81. The molecule has 0 aliphatic rings. The first-order chi connectivity index (χ1) is 5.33. The molecule has 12 heavy (non-hydrogen) atoms. The summed E-state index contributed by atoms with van der Waals surface area (Å²) in [7, 11) is 0. The Morgan fingerprint density at radius 2 is 1.83 bits per heavy atom. The van der Waals surface area contributed by atoms with E-state index >= 15 is 0 Å². The third kappa shape index (κ3) is 3.81. The highest BCUT2D eigenvalue weighted by Gasteiger charge is 1.89. The topological polar surface area (TPSA) is 32.3 Å². The third-order valence-corrected chi connectivity index (χ3v) is 1.54. The van der Waals surface area contributed by atoms with E-state index in [1.165, 1.54) is 0 Å². The standard InChI is InChI=1S/C8H10ClNO.ClH/c9-7-1-3-8(4-2-7)10-5-6-11;/h1-4,10-11H,5-6H2;1H. The number of aliphatic hydroxyl groups excluding tert-OH is 1. The quantitative estimate of drug-likeness (QED) is 0.797. The van der Waals surface area contributed by atoms with Crippen LogP contribution < -0.4 is 5.32 Å². The van der Waals surface area contributed by atoms with Crippen molar-refractivity contribution < 1.29 is 5.11 Å². The summed E-state index contributed by atoms with van der Waals surface area (Å²) in [5.74, 6) is 0. The first-order valence-electron chi connectivity index (χ1n) is 3.43. The Bertz CT molecular complexity index is 213. The molecule has 0 atom stereocenters.